The molecule has 6 rings (SSSR count). The van der Waals surface area contributed by atoms with Crippen LogP contribution in [0, 0.1) is 0 Å². The zero-order chi connectivity index (χ0) is 23.7. The number of sulfonamides is 1. The highest BCUT2D eigenvalue weighted by molar-refractivity contribution is 7.89. The van der Waals surface area contributed by atoms with Crippen LogP contribution in [0.25, 0.3) is 0 Å². The van der Waals surface area contributed by atoms with E-state index in [9.17, 15) is 8.42 Å². The molecule has 0 bridgehead atoms. The molecule has 4 heterocycles. The lowest BCUT2D eigenvalue weighted by Gasteiger charge is -2.39. The highest BCUT2D eigenvalue weighted by Gasteiger charge is 2.44. The predicted molar refractivity (Wildman–Crippen MR) is 134 cm³/mol. The van der Waals surface area contributed by atoms with E-state index in [1.807, 2.05) is 23.3 Å². The van der Waals surface area contributed by atoms with Gasteiger partial charge < -0.3 is 20.0 Å². The van der Waals surface area contributed by atoms with E-state index in [2.05, 4.69) is 43.8 Å². The van der Waals surface area contributed by atoms with Gasteiger partial charge >= 0.3 is 0 Å². The highest BCUT2D eigenvalue weighted by Crippen LogP contribution is 2.50. The number of hydrogen-bond acceptors (Lipinski definition) is 10. The number of nitrogens with zero attached hydrogens (tertiary/aromatic N) is 5. The van der Waals surface area contributed by atoms with Gasteiger partial charge in [-0.25, -0.2) is 18.1 Å². The zero-order valence-corrected chi connectivity index (χ0v) is 21.1. The molecule has 3 aliphatic heterocycles. The number of nitrogens with one attached hydrogen (secondary N) is 2. The largest absolute Gasteiger partial charge is 0.391 e. The third-order valence-electron chi connectivity index (χ3n) is 6.75. The van der Waals surface area contributed by atoms with E-state index in [0.29, 0.717) is 19.1 Å². The quantitative estimate of drug-likeness (QED) is 0.642. The summed E-state index contributed by atoms with van der Waals surface area (Å²) in [4.78, 5) is 16.6. The summed E-state index contributed by atoms with van der Waals surface area (Å²) in [7, 11) is -3.72. The molecule has 34 heavy (non-hydrogen) atoms. The van der Waals surface area contributed by atoms with Crippen LogP contribution >= 0.6 is 11.3 Å². The third kappa shape index (κ3) is 3.72. The second-order valence-electron chi connectivity index (χ2n) is 9.88. The van der Waals surface area contributed by atoms with Crippen LogP contribution in [0.15, 0.2) is 33.8 Å². The summed E-state index contributed by atoms with van der Waals surface area (Å²) in [6.07, 6.45) is 3.44. The van der Waals surface area contributed by atoms with Gasteiger partial charge in [0.25, 0.3) is 5.96 Å². The van der Waals surface area contributed by atoms with Crippen molar-refractivity contribution < 1.29 is 13.3 Å². The summed E-state index contributed by atoms with van der Waals surface area (Å²) in [5, 5.41) is 10.6. The minimum absolute atomic E-state index is 0.260. The second kappa shape index (κ2) is 7.80. The molecule has 182 valence electrons. The van der Waals surface area contributed by atoms with Crippen LogP contribution in [0.3, 0.4) is 0 Å². The number of guanidine groups is 1. The molecule has 0 amide bonds. The fourth-order valence-corrected chi connectivity index (χ4v) is 7.15. The van der Waals surface area contributed by atoms with Crippen LogP contribution in [0.4, 0.5) is 22.2 Å². The number of thiazole rings is 1. The molecule has 2 aromatic rings. The molecule has 12 heteroatoms. The molecule has 10 nitrogen and oxygen atoms in total. The first-order chi connectivity index (χ1) is 16.2. The number of anilines is 4. The molecular weight excluding hydrogens is 474 g/mol. The summed E-state index contributed by atoms with van der Waals surface area (Å²) in [5.74, 6) is 0.616. The minimum Gasteiger partial charge on any atom is -0.391 e. The van der Waals surface area contributed by atoms with Crippen molar-refractivity contribution in [3.8, 4) is 0 Å². The molecule has 1 aromatic heterocycles. The van der Waals surface area contributed by atoms with E-state index < -0.39 is 10.0 Å². The van der Waals surface area contributed by atoms with Gasteiger partial charge in [0.15, 0.2) is 5.13 Å². The van der Waals surface area contributed by atoms with Gasteiger partial charge in [0.2, 0.25) is 10.0 Å². The summed E-state index contributed by atoms with van der Waals surface area (Å²) in [5.41, 5.74) is 2.25. The fourth-order valence-electron chi connectivity index (χ4n) is 5.00. The number of oxime groups is 1. The van der Waals surface area contributed by atoms with Crippen molar-refractivity contribution >= 4 is 49.5 Å². The predicted octanol–water partition coefficient (Wildman–Crippen LogP) is 2.42. The van der Waals surface area contributed by atoms with Gasteiger partial charge in [-0.1, -0.05) is 0 Å². The Bertz CT molecular complexity index is 1230. The smallest absolute Gasteiger partial charge is 0.254 e. The molecule has 1 saturated heterocycles. The molecular formula is C22H29N7O3S2. The standard InChI is InChI=1S/C22H29N7O3S2/c1-14-12-27(13-15(2)24-14)17-10-16(34(30,31)26-22(3)4-5-22)11-18-19(17)28-7-8-32-25-20(28)29(18)21-23-6-9-33-21/h6,9-11,14-15,24,26H,4-5,7-8,12-13H2,1-3H3. The van der Waals surface area contributed by atoms with Crippen LogP contribution in [0.1, 0.15) is 33.6 Å². The van der Waals surface area contributed by atoms with Crippen molar-refractivity contribution in [2.24, 2.45) is 5.16 Å². The zero-order valence-electron chi connectivity index (χ0n) is 19.5. The average molecular weight is 504 g/mol. The van der Waals surface area contributed by atoms with E-state index in [-0.39, 0.29) is 22.5 Å². The van der Waals surface area contributed by atoms with Crippen molar-refractivity contribution in [3.63, 3.8) is 0 Å². The van der Waals surface area contributed by atoms with Gasteiger partial charge in [-0.2, -0.15) is 0 Å². The summed E-state index contributed by atoms with van der Waals surface area (Å²) in [6, 6.07) is 4.13. The van der Waals surface area contributed by atoms with Crippen LogP contribution in [-0.4, -0.2) is 63.2 Å². The molecule has 2 unspecified atom stereocenters. The van der Waals surface area contributed by atoms with Crippen molar-refractivity contribution in [1.82, 2.24) is 15.0 Å². The Morgan fingerprint density at radius 1 is 1.21 bits per heavy atom. The molecule has 4 aliphatic rings. The van der Waals surface area contributed by atoms with Crippen LogP contribution < -0.4 is 24.7 Å². The average Bonchev–Trinajstić information content (AvgIpc) is 3.17. The summed E-state index contributed by atoms with van der Waals surface area (Å²) < 4.78 is 29.9. The third-order valence-corrected chi connectivity index (χ3v) is 9.12. The highest BCUT2D eigenvalue weighted by atomic mass is 32.2. The van der Waals surface area contributed by atoms with Gasteiger partial charge in [-0.05, 0) is 50.9 Å². The van der Waals surface area contributed by atoms with Crippen molar-refractivity contribution in [2.75, 3.05) is 40.9 Å². The molecule has 2 N–H and O–H groups in total. The number of rotatable bonds is 5. The molecule has 1 saturated carbocycles. The Kier molecular flexibility index (Phi) is 5.07. The molecule has 2 fully saturated rings. The minimum atomic E-state index is -3.72. The van der Waals surface area contributed by atoms with E-state index in [1.165, 1.54) is 11.3 Å². The van der Waals surface area contributed by atoms with Crippen molar-refractivity contribution in [1.29, 1.82) is 0 Å². The topological polar surface area (TPSA) is 102 Å². The summed E-state index contributed by atoms with van der Waals surface area (Å²) >= 11 is 1.48. The monoisotopic (exact) mass is 503 g/mol. The Morgan fingerprint density at radius 2 is 1.94 bits per heavy atom. The van der Waals surface area contributed by atoms with Crippen LogP contribution in [0.2, 0.25) is 0 Å². The summed E-state index contributed by atoms with van der Waals surface area (Å²) in [6.45, 7) is 8.90. The van der Waals surface area contributed by atoms with Crippen LogP contribution in [-0.2, 0) is 14.9 Å². The normalized spacial score (nSPS) is 25.5. The number of fused-ring (bicyclic) bond motifs is 3. The Morgan fingerprint density at radius 3 is 2.62 bits per heavy atom. The lowest BCUT2D eigenvalue weighted by Crippen LogP contribution is -2.54. The van der Waals surface area contributed by atoms with E-state index in [4.69, 9.17) is 4.84 Å². The van der Waals surface area contributed by atoms with Gasteiger partial charge in [-0.15, -0.1) is 11.3 Å². The Labute approximate surface area is 203 Å². The molecule has 0 spiro atoms. The number of piperazine rings is 1. The number of aromatic nitrogens is 1. The van der Waals surface area contributed by atoms with Crippen LogP contribution in [0.5, 0.6) is 0 Å². The Balaban J connectivity index is 1.55. The molecule has 1 aliphatic carbocycles. The van der Waals surface area contributed by atoms with Gasteiger partial charge in [0, 0.05) is 42.3 Å². The van der Waals surface area contributed by atoms with Gasteiger partial charge in [-0.3, -0.25) is 4.90 Å². The van der Waals surface area contributed by atoms with E-state index in [0.717, 1.165) is 48.1 Å². The van der Waals surface area contributed by atoms with Gasteiger partial charge in [0.1, 0.15) is 6.61 Å². The maximum Gasteiger partial charge on any atom is 0.254 e. The molecule has 0 radical (unpaired) electrons. The SMILES string of the molecule is CC1CN(c2cc(S(=O)(=O)NC3(C)CC3)cc3c2N2CCON=C2N3c2nccs2)CC(C)N1. The first-order valence-corrected chi connectivity index (χ1v) is 14.0. The number of benzene rings is 1. The van der Waals surface area contributed by atoms with Crippen molar-refractivity contribution in [3.05, 3.63) is 23.7 Å². The first-order valence-electron chi connectivity index (χ1n) is 11.6. The van der Waals surface area contributed by atoms with Gasteiger partial charge in [0.05, 0.1) is 28.5 Å². The molecule has 1 aromatic carbocycles. The number of hydrogen-bond donors (Lipinski definition) is 2. The first kappa shape index (κ1) is 22.1. The molecule has 2 atom stereocenters. The maximum absolute atomic E-state index is 13.5. The second-order valence-corrected chi connectivity index (χ2v) is 12.4. The fraction of sp³-hybridized carbons (Fsp3) is 0.545. The van der Waals surface area contributed by atoms with Crippen molar-refractivity contribution in [2.45, 2.75) is 56.1 Å². The lowest BCUT2D eigenvalue weighted by molar-refractivity contribution is 0.142. The Hall–Kier alpha value is -2.41. The van der Waals surface area contributed by atoms with E-state index in [1.54, 1.807) is 12.3 Å². The lowest BCUT2D eigenvalue weighted by atomic mass is 10.1. The van der Waals surface area contributed by atoms with E-state index >= 15 is 0 Å². The maximum atomic E-state index is 13.5.